The van der Waals surface area contributed by atoms with E-state index in [2.05, 4.69) is 17.0 Å². The van der Waals surface area contributed by atoms with Gasteiger partial charge in [0.15, 0.2) is 11.5 Å². The van der Waals surface area contributed by atoms with Crippen LogP contribution in [0.25, 0.3) is 20.8 Å². The predicted octanol–water partition coefficient (Wildman–Crippen LogP) is 5.80. The summed E-state index contributed by atoms with van der Waals surface area (Å²) in [6, 6.07) is 15.7. The van der Waals surface area contributed by atoms with Gasteiger partial charge < -0.3 is 14.2 Å². The molecule has 0 N–H and O–H groups in total. The van der Waals surface area contributed by atoms with Gasteiger partial charge in [0.05, 0.1) is 23.4 Å². The Bertz CT molecular complexity index is 1340. The minimum Gasteiger partial charge on any atom is -0.488 e. The van der Waals surface area contributed by atoms with Crippen LogP contribution in [0.3, 0.4) is 0 Å². The molecule has 1 fully saturated rings. The zero-order valence-corrected chi connectivity index (χ0v) is 19.8. The van der Waals surface area contributed by atoms with Crippen molar-refractivity contribution in [3.05, 3.63) is 77.4 Å². The first kappa shape index (κ1) is 22.4. The van der Waals surface area contributed by atoms with Gasteiger partial charge in [-0.2, -0.15) is 0 Å². The zero-order valence-electron chi connectivity index (χ0n) is 19.0. The second-order valence-corrected chi connectivity index (χ2v) is 9.88. The van der Waals surface area contributed by atoms with E-state index < -0.39 is 11.6 Å². The first-order valence-corrected chi connectivity index (χ1v) is 12.5. The van der Waals surface area contributed by atoms with Crippen LogP contribution in [-0.4, -0.2) is 42.4 Å². The lowest BCUT2D eigenvalue weighted by molar-refractivity contribution is 0.137. The molecule has 1 saturated heterocycles. The summed E-state index contributed by atoms with van der Waals surface area (Å²) in [5.74, 6) is 0.515. The first-order chi connectivity index (χ1) is 17.1. The van der Waals surface area contributed by atoms with Gasteiger partial charge in [-0.1, -0.05) is 12.1 Å². The highest BCUT2D eigenvalue weighted by Crippen LogP contribution is 2.41. The van der Waals surface area contributed by atoms with E-state index in [1.165, 1.54) is 12.1 Å². The minimum atomic E-state index is -0.444. The van der Waals surface area contributed by atoms with E-state index in [1.54, 1.807) is 11.3 Å². The summed E-state index contributed by atoms with van der Waals surface area (Å²) >= 11 is 1.63. The minimum absolute atomic E-state index is 0.0333. The summed E-state index contributed by atoms with van der Waals surface area (Å²) in [4.78, 5) is 6.89. The summed E-state index contributed by atoms with van der Waals surface area (Å²) in [5, 5.41) is 0.897. The Labute approximate surface area is 205 Å². The summed E-state index contributed by atoms with van der Waals surface area (Å²) in [6.45, 7) is 3.02. The molecule has 2 aliphatic heterocycles. The molecule has 3 heterocycles. The lowest BCUT2D eigenvalue weighted by Gasteiger charge is -2.21. The van der Waals surface area contributed by atoms with Gasteiger partial charge in [0, 0.05) is 42.7 Å². The van der Waals surface area contributed by atoms with Crippen molar-refractivity contribution in [2.75, 3.05) is 26.4 Å². The quantitative estimate of drug-likeness (QED) is 0.351. The molecule has 0 spiro atoms. The fourth-order valence-corrected chi connectivity index (χ4v) is 5.52. The highest BCUT2D eigenvalue weighted by molar-refractivity contribution is 7.21. The monoisotopic (exact) mass is 494 g/mol. The molecule has 0 bridgehead atoms. The van der Waals surface area contributed by atoms with Crippen molar-refractivity contribution in [2.24, 2.45) is 0 Å². The SMILES string of the molecule is Fc1ccc(F)c(CN2CCOc3c(cc(-c4nc5ccccc5s4)cc3OC3CCOC3)C2)c1. The summed E-state index contributed by atoms with van der Waals surface area (Å²) in [5.41, 5.74) is 3.16. The van der Waals surface area contributed by atoms with E-state index in [-0.39, 0.29) is 12.6 Å². The molecule has 0 saturated carbocycles. The number of fused-ring (bicyclic) bond motifs is 2. The number of ether oxygens (including phenoxy) is 3. The summed E-state index contributed by atoms with van der Waals surface area (Å²) in [6.07, 6.45) is 0.791. The van der Waals surface area contributed by atoms with Gasteiger partial charge in [0.2, 0.25) is 0 Å². The van der Waals surface area contributed by atoms with Gasteiger partial charge in [-0.15, -0.1) is 11.3 Å². The highest BCUT2D eigenvalue weighted by Gasteiger charge is 2.25. The maximum atomic E-state index is 14.3. The molecule has 0 radical (unpaired) electrons. The standard InChI is InChI=1S/C27H24F2N2O3S/c28-20-5-6-22(29)18(12-20)14-31-8-10-33-26-19(15-31)11-17(13-24(26)34-21-7-9-32-16-21)27-30-23-3-1-2-4-25(23)35-27/h1-6,11-13,21H,7-10,14-16H2. The first-order valence-electron chi connectivity index (χ1n) is 11.7. The lowest BCUT2D eigenvalue weighted by Crippen LogP contribution is -2.25. The average molecular weight is 495 g/mol. The third-order valence-electron chi connectivity index (χ3n) is 6.30. The molecule has 0 amide bonds. The van der Waals surface area contributed by atoms with Crippen LogP contribution in [0, 0.1) is 11.6 Å². The van der Waals surface area contributed by atoms with E-state index in [4.69, 9.17) is 19.2 Å². The Balaban J connectivity index is 1.37. The van der Waals surface area contributed by atoms with E-state index in [0.717, 1.165) is 38.8 Å². The van der Waals surface area contributed by atoms with Crippen LogP contribution in [0.4, 0.5) is 8.78 Å². The predicted molar refractivity (Wildman–Crippen MR) is 131 cm³/mol. The number of rotatable bonds is 5. The highest BCUT2D eigenvalue weighted by atomic mass is 32.1. The van der Waals surface area contributed by atoms with Crippen molar-refractivity contribution in [2.45, 2.75) is 25.6 Å². The molecule has 3 aromatic carbocycles. The smallest absolute Gasteiger partial charge is 0.165 e. The Morgan fingerprint density at radius 1 is 1.09 bits per heavy atom. The maximum absolute atomic E-state index is 14.3. The number of nitrogens with zero attached hydrogens (tertiary/aromatic N) is 2. The third-order valence-corrected chi connectivity index (χ3v) is 7.39. The van der Waals surface area contributed by atoms with E-state index in [9.17, 15) is 8.78 Å². The molecule has 6 rings (SSSR count). The molecule has 1 unspecified atom stereocenters. The number of hydrogen-bond acceptors (Lipinski definition) is 6. The normalized spacial score (nSPS) is 18.3. The van der Waals surface area contributed by atoms with Crippen molar-refractivity contribution in [3.63, 3.8) is 0 Å². The molecule has 2 aliphatic rings. The Morgan fingerprint density at radius 2 is 2.00 bits per heavy atom. The number of thiazole rings is 1. The average Bonchev–Trinajstić information content (AvgIpc) is 3.48. The zero-order chi connectivity index (χ0) is 23.8. The van der Waals surface area contributed by atoms with Crippen LogP contribution in [-0.2, 0) is 17.8 Å². The topological polar surface area (TPSA) is 43.8 Å². The molecule has 1 aromatic heterocycles. The Kier molecular flexibility index (Phi) is 6.10. The van der Waals surface area contributed by atoms with Crippen LogP contribution in [0.15, 0.2) is 54.6 Å². The van der Waals surface area contributed by atoms with E-state index in [1.807, 2.05) is 24.3 Å². The van der Waals surface area contributed by atoms with Crippen LogP contribution in [0.5, 0.6) is 11.5 Å². The van der Waals surface area contributed by atoms with Crippen molar-refractivity contribution in [3.8, 4) is 22.1 Å². The van der Waals surface area contributed by atoms with E-state index >= 15 is 0 Å². The molecular formula is C27H24F2N2O3S. The summed E-state index contributed by atoms with van der Waals surface area (Å²) in [7, 11) is 0. The van der Waals surface area contributed by atoms with Crippen LogP contribution in [0.1, 0.15) is 17.5 Å². The van der Waals surface area contributed by atoms with E-state index in [0.29, 0.717) is 50.0 Å². The largest absolute Gasteiger partial charge is 0.488 e. The fraction of sp³-hybridized carbons (Fsp3) is 0.296. The number of benzene rings is 3. The fourth-order valence-electron chi connectivity index (χ4n) is 4.57. The number of halogens is 2. The van der Waals surface area contributed by atoms with Crippen LogP contribution in [0.2, 0.25) is 0 Å². The number of para-hydroxylation sites is 1. The van der Waals surface area contributed by atoms with Gasteiger partial charge in [-0.05, 0) is 42.5 Å². The molecular weight excluding hydrogens is 470 g/mol. The molecule has 8 heteroatoms. The lowest BCUT2D eigenvalue weighted by atomic mass is 10.1. The van der Waals surface area contributed by atoms with Crippen LogP contribution >= 0.6 is 11.3 Å². The van der Waals surface area contributed by atoms with Crippen molar-refractivity contribution in [1.82, 2.24) is 9.88 Å². The number of aromatic nitrogens is 1. The molecule has 5 nitrogen and oxygen atoms in total. The molecule has 0 aliphatic carbocycles. The summed E-state index contributed by atoms with van der Waals surface area (Å²) < 4.78 is 47.2. The van der Waals surface area contributed by atoms with Gasteiger partial charge in [0.1, 0.15) is 29.4 Å². The second kappa shape index (κ2) is 9.53. The maximum Gasteiger partial charge on any atom is 0.165 e. The molecule has 1 atom stereocenters. The third kappa shape index (κ3) is 4.74. The van der Waals surface area contributed by atoms with Gasteiger partial charge in [-0.25, -0.2) is 13.8 Å². The van der Waals surface area contributed by atoms with Crippen LogP contribution < -0.4 is 9.47 Å². The Hall–Kier alpha value is -3.07. The molecule has 180 valence electrons. The van der Waals surface area contributed by atoms with Crippen molar-refractivity contribution < 1.29 is 23.0 Å². The second-order valence-electron chi connectivity index (χ2n) is 8.85. The van der Waals surface area contributed by atoms with Crippen molar-refractivity contribution >= 4 is 21.6 Å². The van der Waals surface area contributed by atoms with Gasteiger partial charge in [-0.3, -0.25) is 4.90 Å². The number of hydrogen-bond donors (Lipinski definition) is 0. The molecule has 4 aromatic rings. The van der Waals surface area contributed by atoms with Gasteiger partial charge in [0.25, 0.3) is 0 Å². The van der Waals surface area contributed by atoms with Gasteiger partial charge >= 0.3 is 0 Å². The van der Waals surface area contributed by atoms with Crippen molar-refractivity contribution in [1.29, 1.82) is 0 Å². The Morgan fingerprint density at radius 3 is 2.86 bits per heavy atom. The molecule has 35 heavy (non-hydrogen) atoms.